The lowest BCUT2D eigenvalue weighted by molar-refractivity contribution is -0.116. The molecule has 0 spiro atoms. The van der Waals surface area contributed by atoms with E-state index < -0.39 is 0 Å². The Bertz CT molecular complexity index is 965. The van der Waals surface area contributed by atoms with Gasteiger partial charge in [0.1, 0.15) is 5.82 Å². The molecule has 1 amide bonds. The Balaban J connectivity index is 1.60. The van der Waals surface area contributed by atoms with E-state index in [1.165, 1.54) is 0 Å². The van der Waals surface area contributed by atoms with E-state index in [0.717, 1.165) is 34.1 Å². The predicted molar refractivity (Wildman–Crippen MR) is 91.2 cm³/mol. The van der Waals surface area contributed by atoms with Crippen molar-refractivity contribution < 1.29 is 14.3 Å². The van der Waals surface area contributed by atoms with E-state index in [-0.39, 0.29) is 18.6 Å². The molecule has 25 heavy (non-hydrogen) atoms. The monoisotopic (exact) mass is 333 g/mol. The Morgan fingerprint density at radius 3 is 2.80 bits per heavy atom. The number of fused-ring (bicyclic) bond motifs is 2. The first-order valence-electron chi connectivity index (χ1n) is 8.12. The van der Waals surface area contributed by atoms with E-state index >= 15 is 0 Å². The Morgan fingerprint density at radius 1 is 1.08 bits per heavy atom. The number of amides is 1. The molecule has 0 saturated carbocycles. The number of nitrogens with zero attached hydrogens (tertiary/aromatic N) is 2. The largest absolute Gasteiger partial charge is 0.454 e. The van der Waals surface area contributed by atoms with Crippen LogP contribution in [-0.2, 0) is 4.79 Å². The maximum absolute atomic E-state index is 12.3. The second kappa shape index (κ2) is 5.37. The molecule has 3 heterocycles. The zero-order valence-electron chi connectivity index (χ0n) is 13.3. The highest BCUT2D eigenvalue weighted by Crippen LogP contribution is 2.41. The summed E-state index contributed by atoms with van der Waals surface area (Å²) < 4.78 is 12.6. The van der Waals surface area contributed by atoms with E-state index in [0.29, 0.717) is 6.42 Å². The highest BCUT2D eigenvalue weighted by molar-refractivity contribution is 5.94. The Kier molecular flexibility index (Phi) is 3.03. The van der Waals surface area contributed by atoms with Gasteiger partial charge in [-0.3, -0.25) is 4.79 Å². The topological polar surface area (TPSA) is 65.4 Å². The number of carbonyl (C=O) groups is 1. The van der Waals surface area contributed by atoms with E-state index in [9.17, 15) is 4.79 Å². The number of hydrogen-bond acceptors (Lipinski definition) is 4. The third-order valence-electron chi connectivity index (χ3n) is 4.62. The van der Waals surface area contributed by atoms with Crippen LogP contribution in [-0.4, -0.2) is 22.5 Å². The summed E-state index contributed by atoms with van der Waals surface area (Å²) >= 11 is 0. The maximum Gasteiger partial charge on any atom is 0.231 e. The summed E-state index contributed by atoms with van der Waals surface area (Å²) in [4.78, 5) is 12.3. The van der Waals surface area contributed by atoms with Gasteiger partial charge >= 0.3 is 0 Å². The van der Waals surface area contributed by atoms with Crippen molar-refractivity contribution in [3.63, 3.8) is 0 Å². The molecule has 0 bridgehead atoms. The minimum absolute atomic E-state index is 0.0205. The number of ether oxygens (including phenoxy) is 2. The van der Waals surface area contributed by atoms with E-state index in [2.05, 4.69) is 10.4 Å². The zero-order valence-corrected chi connectivity index (χ0v) is 13.3. The van der Waals surface area contributed by atoms with Crippen molar-refractivity contribution in [2.24, 2.45) is 0 Å². The molecule has 2 aliphatic heterocycles. The van der Waals surface area contributed by atoms with Gasteiger partial charge in [0.15, 0.2) is 11.5 Å². The average molecular weight is 333 g/mol. The Hall–Kier alpha value is -3.28. The Morgan fingerprint density at radius 2 is 1.92 bits per heavy atom. The van der Waals surface area contributed by atoms with Crippen molar-refractivity contribution >= 4 is 11.7 Å². The first kappa shape index (κ1) is 14.1. The highest BCUT2D eigenvalue weighted by atomic mass is 16.7. The van der Waals surface area contributed by atoms with Crippen LogP contribution in [0.2, 0.25) is 0 Å². The molecule has 0 fully saturated rings. The van der Waals surface area contributed by atoms with Crippen molar-refractivity contribution in [1.82, 2.24) is 9.78 Å². The van der Waals surface area contributed by atoms with Crippen molar-refractivity contribution in [1.29, 1.82) is 0 Å². The average Bonchev–Trinajstić information content (AvgIpc) is 3.27. The van der Waals surface area contributed by atoms with Gasteiger partial charge < -0.3 is 14.8 Å². The van der Waals surface area contributed by atoms with Gasteiger partial charge in [0, 0.05) is 17.9 Å². The number of anilines is 1. The van der Waals surface area contributed by atoms with Crippen molar-refractivity contribution in [2.45, 2.75) is 12.3 Å². The quantitative estimate of drug-likeness (QED) is 0.783. The Labute approximate surface area is 144 Å². The fraction of sp³-hybridized carbons (Fsp3) is 0.158. The van der Waals surface area contributed by atoms with E-state index in [4.69, 9.17) is 9.47 Å². The molecule has 1 aromatic heterocycles. The second-order valence-electron chi connectivity index (χ2n) is 6.11. The van der Waals surface area contributed by atoms with Crippen LogP contribution in [0.15, 0.2) is 54.7 Å². The molecule has 2 aromatic carbocycles. The fourth-order valence-corrected chi connectivity index (χ4v) is 3.41. The number of rotatable bonds is 2. The predicted octanol–water partition coefficient (Wildman–Crippen LogP) is 3.08. The van der Waals surface area contributed by atoms with Crippen LogP contribution in [0, 0.1) is 0 Å². The summed E-state index contributed by atoms with van der Waals surface area (Å²) in [6.45, 7) is 0.237. The molecule has 2 aliphatic rings. The molecule has 0 saturated heterocycles. The molecule has 6 heteroatoms. The fourth-order valence-electron chi connectivity index (χ4n) is 3.41. The zero-order chi connectivity index (χ0) is 16.8. The third kappa shape index (κ3) is 2.26. The standard InChI is InChI=1S/C19H15N3O3/c23-18-9-14(12-6-7-16-17(8-12)25-11-24-16)15-10-20-22(19(15)21-18)13-4-2-1-3-5-13/h1-8,10,14H,9,11H2,(H,21,23)/t14-/m0/s1. The van der Waals surface area contributed by atoms with E-state index in [1.54, 1.807) is 4.68 Å². The van der Waals surface area contributed by atoms with Crippen LogP contribution in [0.25, 0.3) is 5.69 Å². The van der Waals surface area contributed by atoms with E-state index in [1.807, 2.05) is 54.7 Å². The summed E-state index contributed by atoms with van der Waals surface area (Å²) in [5.74, 6) is 2.11. The van der Waals surface area contributed by atoms with Crippen molar-refractivity contribution in [3.05, 3.63) is 65.9 Å². The minimum Gasteiger partial charge on any atom is -0.454 e. The van der Waals surface area contributed by atoms with Crippen molar-refractivity contribution in [3.8, 4) is 17.2 Å². The molecule has 6 nitrogen and oxygen atoms in total. The van der Waals surface area contributed by atoms with Gasteiger partial charge in [-0.25, -0.2) is 4.68 Å². The molecular formula is C19H15N3O3. The molecule has 124 valence electrons. The third-order valence-corrected chi connectivity index (χ3v) is 4.62. The number of aromatic nitrogens is 2. The number of hydrogen-bond donors (Lipinski definition) is 1. The molecule has 5 rings (SSSR count). The number of nitrogens with one attached hydrogen (secondary N) is 1. The highest BCUT2D eigenvalue weighted by Gasteiger charge is 2.31. The molecule has 3 aromatic rings. The molecule has 0 aliphatic carbocycles. The SMILES string of the molecule is O=C1C[C@@H](c2ccc3c(c2)OCO3)c2cnn(-c3ccccc3)c2N1. The van der Waals surface area contributed by atoms with Crippen LogP contribution in [0.1, 0.15) is 23.5 Å². The van der Waals surface area contributed by atoms with Gasteiger partial charge in [0.05, 0.1) is 11.9 Å². The number of carbonyl (C=O) groups excluding carboxylic acids is 1. The van der Waals surface area contributed by atoms with Crippen LogP contribution in [0.3, 0.4) is 0 Å². The second-order valence-corrected chi connectivity index (χ2v) is 6.11. The lowest BCUT2D eigenvalue weighted by atomic mass is 9.87. The smallest absolute Gasteiger partial charge is 0.231 e. The molecule has 1 atom stereocenters. The maximum atomic E-state index is 12.3. The first-order chi connectivity index (χ1) is 12.3. The van der Waals surface area contributed by atoms with Crippen LogP contribution in [0.5, 0.6) is 11.5 Å². The normalized spacial score (nSPS) is 17.9. The number of para-hydroxylation sites is 1. The van der Waals surface area contributed by atoms with Gasteiger partial charge in [-0.15, -0.1) is 0 Å². The van der Waals surface area contributed by atoms with Crippen LogP contribution >= 0.6 is 0 Å². The molecule has 1 N–H and O–H groups in total. The summed E-state index contributed by atoms with van der Waals surface area (Å²) in [6, 6.07) is 15.6. The van der Waals surface area contributed by atoms with Gasteiger partial charge in [-0.2, -0.15) is 5.10 Å². The number of benzene rings is 2. The van der Waals surface area contributed by atoms with Crippen molar-refractivity contribution in [2.75, 3.05) is 12.1 Å². The summed E-state index contributed by atoms with van der Waals surface area (Å²) in [5, 5.41) is 7.46. The molecule has 0 radical (unpaired) electrons. The van der Waals surface area contributed by atoms with Gasteiger partial charge in [0.2, 0.25) is 12.7 Å². The summed E-state index contributed by atoms with van der Waals surface area (Å²) in [5.41, 5.74) is 2.94. The summed E-state index contributed by atoms with van der Waals surface area (Å²) in [7, 11) is 0. The lowest BCUT2D eigenvalue weighted by Crippen LogP contribution is -2.24. The van der Waals surface area contributed by atoms with Gasteiger partial charge in [-0.1, -0.05) is 24.3 Å². The summed E-state index contributed by atoms with van der Waals surface area (Å²) in [6.07, 6.45) is 2.21. The van der Waals surface area contributed by atoms with Gasteiger partial charge in [-0.05, 0) is 29.8 Å². The van der Waals surface area contributed by atoms with Crippen LogP contribution < -0.4 is 14.8 Å². The van der Waals surface area contributed by atoms with Crippen LogP contribution in [0.4, 0.5) is 5.82 Å². The molecule has 0 unspecified atom stereocenters. The first-order valence-corrected chi connectivity index (χ1v) is 8.12. The lowest BCUT2D eigenvalue weighted by Gasteiger charge is -2.24. The molecular weight excluding hydrogens is 318 g/mol. The minimum atomic E-state index is -0.0595. The van der Waals surface area contributed by atoms with Gasteiger partial charge in [0.25, 0.3) is 0 Å².